The Kier molecular flexibility index (Phi) is 32.3. The monoisotopic (exact) mass is 731 g/mol. The Balaban J connectivity index is 4.45. The molecule has 0 fully saturated rings. The molecule has 0 saturated carbocycles. The van der Waals surface area contributed by atoms with E-state index in [0.29, 0.717) is 23.9 Å². The molecule has 0 bridgehead atoms. The molecule has 0 aliphatic carbocycles. The molecule has 0 amide bonds. The van der Waals surface area contributed by atoms with Crippen LogP contribution in [0.25, 0.3) is 0 Å². The normalized spacial score (nSPS) is 14.0. The fourth-order valence-electron chi connectivity index (χ4n) is 5.28. The lowest BCUT2D eigenvalue weighted by Crippen LogP contribution is -2.37. The summed E-state index contributed by atoms with van der Waals surface area (Å²) in [5.74, 6) is -0.835. The molecule has 0 heterocycles. The Labute approximate surface area is 307 Å². The van der Waals surface area contributed by atoms with Crippen molar-refractivity contribution in [3.63, 3.8) is 0 Å². The number of hydrogen-bond donors (Lipinski definition) is 1. The van der Waals surface area contributed by atoms with E-state index >= 15 is 0 Å². The van der Waals surface area contributed by atoms with E-state index in [1.54, 1.807) is 0 Å². The van der Waals surface area contributed by atoms with Gasteiger partial charge in [0.15, 0.2) is 6.10 Å². The van der Waals surface area contributed by atoms with Crippen molar-refractivity contribution in [2.45, 2.75) is 174 Å². The Morgan fingerprint density at radius 2 is 1.08 bits per heavy atom. The summed E-state index contributed by atoms with van der Waals surface area (Å²) in [6.07, 6.45) is 33.7. The first-order valence-electron chi connectivity index (χ1n) is 20.1. The van der Waals surface area contributed by atoms with Crippen molar-refractivity contribution in [3.8, 4) is 0 Å². The summed E-state index contributed by atoms with van der Waals surface area (Å²) in [4.78, 5) is 35.2. The zero-order chi connectivity index (χ0) is 37.2. The van der Waals surface area contributed by atoms with Gasteiger partial charge < -0.3 is 18.9 Å². The van der Waals surface area contributed by atoms with Crippen molar-refractivity contribution in [2.24, 2.45) is 0 Å². The van der Waals surface area contributed by atoms with Gasteiger partial charge in [-0.2, -0.15) is 0 Å². The maximum atomic E-state index is 12.6. The van der Waals surface area contributed by atoms with Gasteiger partial charge in [-0.05, 0) is 44.9 Å². The molecule has 9 nitrogen and oxygen atoms in total. The lowest BCUT2D eigenvalue weighted by molar-refractivity contribution is -0.870. The van der Waals surface area contributed by atoms with E-state index in [4.69, 9.17) is 18.5 Å². The first-order valence-corrected chi connectivity index (χ1v) is 21.6. The highest BCUT2D eigenvalue weighted by atomic mass is 31.2. The molecule has 0 saturated heterocycles. The Morgan fingerprint density at radius 1 is 0.620 bits per heavy atom. The van der Waals surface area contributed by atoms with E-state index in [2.05, 4.69) is 38.2 Å². The van der Waals surface area contributed by atoms with Gasteiger partial charge in [0.25, 0.3) is 0 Å². The minimum atomic E-state index is -4.37. The molecule has 0 radical (unpaired) electrons. The van der Waals surface area contributed by atoms with Crippen LogP contribution in [-0.4, -0.2) is 74.9 Å². The lowest BCUT2D eigenvalue weighted by Gasteiger charge is -2.24. The van der Waals surface area contributed by atoms with Crippen molar-refractivity contribution in [2.75, 3.05) is 47.5 Å². The van der Waals surface area contributed by atoms with Crippen molar-refractivity contribution in [1.82, 2.24) is 0 Å². The van der Waals surface area contributed by atoms with Gasteiger partial charge in [-0.15, -0.1) is 0 Å². The minimum absolute atomic E-state index is 0.0285. The third-order valence-electron chi connectivity index (χ3n) is 8.48. The fourth-order valence-corrected chi connectivity index (χ4v) is 6.02. The number of phosphoric ester groups is 1. The zero-order valence-electron chi connectivity index (χ0n) is 32.9. The number of nitrogens with zero attached hydrogens (tertiary/aromatic N) is 1. The summed E-state index contributed by atoms with van der Waals surface area (Å²) >= 11 is 0. The van der Waals surface area contributed by atoms with Crippen LogP contribution in [0, 0.1) is 0 Å². The van der Waals surface area contributed by atoms with Crippen molar-refractivity contribution in [3.05, 3.63) is 24.3 Å². The average molecular weight is 731 g/mol. The fraction of sp³-hybridized carbons (Fsp3) is 0.850. The minimum Gasteiger partial charge on any atom is -0.462 e. The number of esters is 2. The molecular weight excluding hydrogens is 653 g/mol. The number of hydrogen-bond acceptors (Lipinski definition) is 7. The number of phosphoric acid groups is 1. The van der Waals surface area contributed by atoms with Crippen LogP contribution < -0.4 is 0 Å². The SMILES string of the molecule is CCCCCCCC/C=C/C/C=C/CCCCC(=O)OC[C@H](COP(=O)(O)OCC[N+](C)(C)C)OC(=O)CCCCCCCCCCCCC. The Hall–Kier alpha value is -1.51. The third-order valence-corrected chi connectivity index (χ3v) is 9.47. The van der Waals surface area contributed by atoms with Crippen LogP contribution in [0.1, 0.15) is 168 Å². The molecule has 0 aromatic heterocycles. The van der Waals surface area contributed by atoms with Crippen LogP contribution >= 0.6 is 7.82 Å². The van der Waals surface area contributed by atoms with E-state index in [9.17, 15) is 19.0 Å². The molecule has 0 aliphatic heterocycles. The molecule has 294 valence electrons. The van der Waals surface area contributed by atoms with Crippen molar-refractivity contribution in [1.29, 1.82) is 0 Å². The van der Waals surface area contributed by atoms with Gasteiger partial charge in [0.2, 0.25) is 0 Å². The van der Waals surface area contributed by atoms with E-state index in [1.807, 2.05) is 21.1 Å². The predicted molar refractivity (Wildman–Crippen MR) is 206 cm³/mol. The maximum absolute atomic E-state index is 12.6. The Morgan fingerprint density at radius 3 is 1.62 bits per heavy atom. The van der Waals surface area contributed by atoms with Crippen LogP contribution in [0.4, 0.5) is 0 Å². The van der Waals surface area contributed by atoms with Crippen molar-refractivity contribution >= 4 is 19.8 Å². The summed E-state index contributed by atoms with van der Waals surface area (Å²) in [6.45, 7) is 4.36. The number of unbranched alkanes of at least 4 members (excludes halogenated alkanes) is 18. The van der Waals surface area contributed by atoms with Gasteiger partial charge in [0.05, 0.1) is 27.7 Å². The standard InChI is InChI=1S/C40H76NO8P/c1-6-8-10-12-14-16-18-19-20-21-23-24-26-28-30-32-39(42)46-36-38(37-48-50(44,45)47-35-34-41(3,4)5)49-40(43)33-31-29-27-25-22-17-15-13-11-9-7-2/h19-20,23-24,38H,6-18,21-22,25-37H2,1-5H3/p+1/b20-19+,24-23+/t38-/m1/s1. The molecule has 0 rings (SSSR count). The Bertz CT molecular complexity index is 918. The van der Waals surface area contributed by atoms with Crippen LogP contribution in [0.2, 0.25) is 0 Å². The van der Waals surface area contributed by atoms with Gasteiger partial charge in [-0.25, -0.2) is 4.57 Å². The van der Waals surface area contributed by atoms with Crippen LogP contribution in [0.3, 0.4) is 0 Å². The molecular formula is C40H77NO8P+. The number of carbonyl (C=O) groups excluding carboxylic acids is 2. The van der Waals surface area contributed by atoms with Crippen LogP contribution in [0.5, 0.6) is 0 Å². The number of rotatable bonds is 36. The summed E-state index contributed by atoms with van der Waals surface area (Å²) in [6, 6.07) is 0. The van der Waals surface area contributed by atoms with Gasteiger partial charge >= 0.3 is 19.8 Å². The van der Waals surface area contributed by atoms with Crippen molar-refractivity contribution < 1.29 is 42.1 Å². The van der Waals surface area contributed by atoms with Gasteiger partial charge in [0.1, 0.15) is 19.8 Å². The topological polar surface area (TPSA) is 108 Å². The number of likely N-dealkylation sites (N-methyl/N-ethyl adjacent to an activating group) is 1. The summed E-state index contributed by atoms with van der Waals surface area (Å²) in [5, 5.41) is 0. The molecule has 0 aromatic carbocycles. The molecule has 50 heavy (non-hydrogen) atoms. The highest BCUT2D eigenvalue weighted by molar-refractivity contribution is 7.47. The molecule has 0 aromatic rings. The van der Waals surface area contributed by atoms with Gasteiger partial charge in [0, 0.05) is 12.8 Å². The van der Waals surface area contributed by atoms with Gasteiger partial charge in [-0.1, -0.05) is 134 Å². The number of quaternary nitrogens is 1. The molecule has 1 unspecified atom stereocenters. The molecule has 10 heteroatoms. The molecule has 0 spiro atoms. The molecule has 1 N–H and O–H groups in total. The second-order valence-electron chi connectivity index (χ2n) is 14.7. The predicted octanol–water partition coefficient (Wildman–Crippen LogP) is 10.8. The second kappa shape index (κ2) is 33.3. The lowest BCUT2D eigenvalue weighted by atomic mass is 10.1. The van der Waals surface area contributed by atoms with E-state index in [1.165, 1.54) is 89.9 Å². The largest absolute Gasteiger partial charge is 0.472 e. The highest BCUT2D eigenvalue weighted by Crippen LogP contribution is 2.43. The first kappa shape index (κ1) is 48.5. The van der Waals surface area contributed by atoms with Crippen LogP contribution in [0.15, 0.2) is 24.3 Å². The second-order valence-corrected chi connectivity index (χ2v) is 16.1. The number of carbonyl (C=O) groups is 2. The average Bonchev–Trinajstić information content (AvgIpc) is 3.06. The third kappa shape index (κ3) is 36.3. The van der Waals surface area contributed by atoms with Crippen LogP contribution in [-0.2, 0) is 32.7 Å². The van der Waals surface area contributed by atoms with E-state index < -0.39 is 32.5 Å². The van der Waals surface area contributed by atoms with E-state index in [0.717, 1.165) is 38.5 Å². The summed E-state index contributed by atoms with van der Waals surface area (Å²) in [7, 11) is 1.46. The smallest absolute Gasteiger partial charge is 0.462 e. The quantitative estimate of drug-likeness (QED) is 0.0223. The first-order chi connectivity index (χ1) is 24.0. The number of ether oxygens (including phenoxy) is 2. The molecule has 2 atom stereocenters. The molecule has 0 aliphatic rings. The zero-order valence-corrected chi connectivity index (χ0v) is 33.8. The van der Waals surface area contributed by atoms with E-state index in [-0.39, 0.29) is 26.1 Å². The maximum Gasteiger partial charge on any atom is 0.472 e. The summed E-state index contributed by atoms with van der Waals surface area (Å²) in [5.41, 5.74) is 0. The van der Waals surface area contributed by atoms with Gasteiger partial charge in [-0.3, -0.25) is 18.6 Å². The highest BCUT2D eigenvalue weighted by Gasteiger charge is 2.27. The number of allylic oxidation sites excluding steroid dienone is 4. The summed E-state index contributed by atoms with van der Waals surface area (Å²) < 4.78 is 34.1.